The highest BCUT2D eigenvalue weighted by Crippen LogP contribution is 2.41. The standard InChI is InChI=1S/C20H27N3O5S2/c1-13-7-5-6-8-14(13)23-15-11-30(26,27)12-16(15)29-18(23)22-17(24)9-10-21-19(25)28-20(2,3)4/h5-8,15-16H,9-12H2,1-4H3,(H,21,25)/t15-,16-/m0/s1. The molecule has 164 valence electrons. The van der Waals surface area contributed by atoms with E-state index in [1.165, 1.54) is 11.8 Å². The molecule has 30 heavy (non-hydrogen) atoms. The summed E-state index contributed by atoms with van der Waals surface area (Å²) in [4.78, 5) is 30.3. The molecule has 1 aromatic rings. The van der Waals surface area contributed by atoms with Crippen LogP contribution in [0.5, 0.6) is 0 Å². The lowest BCUT2D eigenvalue weighted by Gasteiger charge is -2.26. The second kappa shape index (κ2) is 8.58. The molecule has 2 atom stereocenters. The molecule has 1 aromatic carbocycles. The first-order valence-corrected chi connectivity index (χ1v) is 12.5. The van der Waals surface area contributed by atoms with Gasteiger partial charge < -0.3 is 15.0 Å². The molecule has 0 saturated carbocycles. The number of alkyl carbamates (subject to hydrolysis) is 1. The molecule has 0 radical (unpaired) electrons. The molecule has 2 heterocycles. The van der Waals surface area contributed by atoms with E-state index in [-0.39, 0.29) is 41.7 Å². The Morgan fingerprint density at radius 3 is 2.63 bits per heavy atom. The fourth-order valence-electron chi connectivity index (χ4n) is 3.43. The molecule has 3 rings (SSSR count). The number of aliphatic imine (C=N–C) groups is 1. The van der Waals surface area contributed by atoms with Crippen molar-refractivity contribution in [3.8, 4) is 0 Å². The first-order chi connectivity index (χ1) is 14.0. The maximum atomic E-state index is 12.4. The number of thioether (sulfide) groups is 1. The summed E-state index contributed by atoms with van der Waals surface area (Å²) in [6, 6.07) is 7.41. The minimum atomic E-state index is -3.11. The van der Waals surface area contributed by atoms with Gasteiger partial charge in [0.25, 0.3) is 0 Å². The van der Waals surface area contributed by atoms with Crippen LogP contribution >= 0.6 is 11.8 Å². The highest BCUT2D eigenvalue weighted by Gasteiger charge is 2.49. The summed E-state index contributed by atoms with van der Waals surface area (Å²) in [5, 5.41) is 2.91. The normalized spacial score (nSPS) is 24.0. The van der Waals surface area contributed by atoms with E-state index in [1.807, 2.05) is 36.1 Å². The Labute approximate surface area is 181 Å². The van der Waals surface area contributed by atoms with Gasteiger partial charge in [0.2, 0.25) is 5.91 Å². The number of sulfone groups is 1. The highest BCUT2D eigenvalue weighted by molar-refractivity contribution is 8.16. The van der Waals surface area contributed by atoms with Gasteiger partial charge in [0, 0.05) is 23.9 Å². The zero-order chi connectivity index (χ0) is 22.1. The van der Waals surface area contributed by atoms with Gasteiger partial charge in [-0.05, 0) is 39.3 Å². The molecule has 2 aliphatic heterocycles. The van der Waals surface area contributed by atoms with E-state index in [4.69, 9.17) is 4.74 Å². The lowest BCUT2D eigenvalue weighted by molar-refractivity contribution is -0.117. The number of fused-ring (bicyclic) bond motifs is 1. The summed E-state index contributed by atoms with van der Waals surface area (Å²) in [5.41, 5.74) is 1.23. The molecular formula is C20H27N3O5S2. The molecule has 8 nitrogen and oxygen atoms in total. The predicted octanol–water partition coefficient (Wildman–Crippen LogP) is 2.51. The van der Waals surface area contributed by atoms with Crippen molar-refractivity contribution in [2.75, 3.05) is 23.0 Å². The second-order valence-electron chi connectivity index (χ2n) is 8.42. The number of carbonyl (C=O) groups excluding carboxylic acids is 2. The zero-order valence-electron chi connectivity index (χ0n) is 17.5. The van der Waals surface area contributed by atoms with Crippen molar-refractivity contribution in [1.29, 1.82) is 0 Å². The number of carbonyl (C=O) groups is 2. The zero-order valence-corrected chi connectivity index (χ0v) is 19.2. The Kier molecular flexibility index (Phi) is 6.47. The maximum Gasteiger partial charge on any atom is 0.407 e. The third kappa shape index (κ3) is 5.54. The van der Waals surface area contributed by atoms with E-state index in [0.717, 1.165) is 11.3 Å². The summed E-state index contributed by atoms with van der Waals surface area (Å²) in [6.45, 7) is 7.34. The van der Waals surface area contributed by atoms with Gasteiger partial charge in [-0.15, -0.1) is 0 Å². The molecule has 2 saturated heterocycles. The van der Waals surface area contributed by atoms with Crippen LogP contribution in [0.4, 0.5) is 10.5 Å². The second-order valence-corrected chi connectivity index (χ2v) is 11.8. The summed E-state index contributed by atoms with van der Waals surface area (Å²) < 4.78 is 29.4. The van der Waals surface area contributed by atoms with E-state index >= 15 is 0 Å². The van der Waals surface area contributed by atoms with Crippen molar-refractivity contribution >= 4 is 44.5 Å². The van der Waals surface area contributed by atoms with Crippen LogP contribution < -0.4 is 10.2 Å². The molecule has 2 fully saturated rings. The van der Waals surface area contributed by atoms with E-state index < -0.39 is 21.5 Å². The summed E-state index contributed by atoms with van der Waals surface area (Å²) >= 11 is 1.34. The van der Waals surface area contributed by atoms with Gasteiger partial charge in [-0.2, -0.15) is 4.99 Å². The van der Waals surface area contributed by atoms with Crippen LogP contribution in [-0.4, -0.2) is 60.5 Å². The topological polar surface area (TPSA) is 105 Å². The number of amides is 2. The lowest BCUT2D eigenvalue weighted by Crippen LogP contribution is -2.38. The van der Waals surface area contributed by atoms with E-state index in [1.54, 1.807) is 20.8 Å². The fourth-order valence-corrected chi connectivity index (χ4v) is 7.35. The summed E-state index contributed by atoms with van der Waals surface area (Å²) in [5.74, 6) is -0.250. The average molecular weight is 454 g/mol. The highest BCUT2D eigenvalue weighted by atomic mass is 32.2. The molecule has 0 unspecified atom stereocenters. The maximum absolute atomic E-state index is 12.4. The molecule has 10 heteroatoms. The van der Waals surface area contributed by atoms with Crippen LogP contribution in [0.3, 0.4) is 0 Å². The van der Waals surface area contributed by atoms with E-state index in [9.17, 15) is 18.0 Å². The number of amidine groups is 1. The average Bonchev–Trinajstić information content (AvgIpc) is 3.05. The Bertz CT molecular complexity index is 969. The van der Waals surface area contributed by atoms with Gasteiger partial charge in [-0.1, -0.05) is 30.0 Å². The Hall–Kier alpha value is -2.07. The number of nitrogens with one attached hydrogen (secondary N) is 1. The molecule has 0 bridgehead atoms. The number of hydrogen-bond acceptors (Lipinski definition) is 6. The van der Waals surface area contributed by atoms with Crippen LogP contribution in [0.15, 0.2) is 29.3 Å². The number of ether oxygens (including phenoxy) is 1. The van der Waals surface area contributed by atoms with Gasteiger partial charge >= 0.3 is 6.09 Å². The number of nitrogens with zero attached hydrogens (tertiary/aromatic N) is 2. The van der Waals surface area contributed by atoms with Gasteiger partial charge in [0.15, 0.2) is 15.0 Å². The van der Waals surface area contributed by atoms with Crippen molar-refractivity contribution < 1.29 is 22.7 Å². The van der Waals surface area contributed by atoms with Crippen molar-refractivity contribution in [2.24, 2.45) is 4.99 Å². The van der Waals surface area contributed by atoms with Crippen LogP contribution in [0, 0.1) is 6.92 Å². The van der Waals surface area contributed by atoms with E-state index in [0.29, 0.717) is 5.17 Å². The van der Waals surface area contributed by atoms with Crippen LogP contribution in [0.25, 0.3) is 0 Å². The number of aryl methyl sites for hydroxylation is 1. The Balaban J connectivity index is 1.72. The summed E-state index contributed by atoms with van der Waals surface area (Å²) in [6.07, 6.45) is -0.557. The smallest absolute Gasteiger partial charge is 0.407 e. The van der Waals surface area contributed by atoms with Gasteiger partial charge in [-0.25, -0.2) is 13.2 Å². The first-order valence-electron chi connectivity index (χ1n) is 9.75. The Morgan fingerprint density at radius 1 is 1.27 bits per heavy atom. The minimum Gasteiger partial charge on any atom is -0.444 e. The van der Waals surface area contributed by atoms with E-state index in [2.05, 4.69) is 10.3 Å². The third-order valence-corrected chi connectivity index (χ3v) is 7.88. The number of benzene rings is 1. The van der Waals surface area contributed by atoms with Crippen molar-refractivity contribution in [2.45, 2.75) is 51.0 Å². The molecular weight excluding hydrogens is 426 g/mol. The van der Waals surface area contributed by atoms with Crippen LogP contribution in [0.2, 0.25) is 0 Å². The quantitative estimate of drug-likeness (QED) is 0.747. The lowest BCUT2D eigenvalue weighted by atomic mass is 10.1. The van der Waals surface area contributed by atoms with Crippen LogP contribution in [0.1, 0.15) is 32.8 Å². The predicted molar refractivity (Wildman–Crippen MR) is 119 cm³/mol. The first kappa shape index (κ1) is 22.6. The third-order valence-electron chi connectivity index (χ3n) is 4.67. The molecule has 0 aromatic heterocycles. The molecule has 1 N–H and O–H groups in total. The van der Waals surface area contributed by atoms with Crippen molar-refractivity contribution in [3.05, 3.63) is 29.8 Å². The minimum absolute atomic E-state index is 0.0263. The van der Waals surface area contributed by atoms with Crippen molar-refractivity contribution in [3.63, 3.8) is 0 Å². The number of hydrogen-bond donors (Lipinski definition) is 1. The van der Waals surface area contributed by atoms with Gasteiger partial charge in [-0.3, -0.25) is 4.79 Å². The van der Waals surface area contributed by atoms with Crippen molar-refractivity contribution in [1.82, 2.24) is 5.32 Å². The number of anilines is 1. The van der Waals surface area contributed by atoms with Crippen LogP contribution in [-0.2, 0) is 19.4 Å². The monoisotopic (exact) mass is 453 g/mol. The summed E-state index contributed by atoms with van der Waals surface area (Å²) in [7, 11) is -3.11. The van der Waals surface area contributed by atoms with Gasteiger partial charge in [0.05, 0.1) is 17.5 Å². The van der Waals surface area contributed by atoms with Gasteiger partial charge in [0.1, 0.15) is 5.60 Å². The Morgan fingerprint density at radius 2 is 1.97 bits per heavy atom. The SMILES string of the molecule is Cc1ccccc1N1C(=NC(=O)CCNC(=O)OC(C)(C)C)S[C@H]2CS(=O)(=O)C[C@@H]21. The molecule has 0 aliphatic carbocycles. The number of rotatable bonds is 4. The molecule has 0 spiro atoms. The molecule has 2 amide bonds. The molecule has 2 aliphatic rings. The fraction of sp³-hybridized carbons (Fsp3) is 0.550. The largest absolute Gasteiger partial charge is 0.444 e. The number of para-hydroxylation sites is 1.